The largest absolute Gasteiger partial charge is 0.489 e. The van der Waals surface area contributed by atoms with Gasteiger partial charge >= 0.3 is 5.69 Å². The van der Waals surface area contributed by atoms with Crippen LogP contribution in [0, 0.1) is 10.1 Å². The molecule has 0 aliphatic rings. The summed E-state index contributed by atoms with van der Waals surface area (Å²) in [5.41, 5.74) is -0.501. The minimum absolute atomic E-state index is 0.00459. The number of benzene rings is 2. The smallest absolute Gasteiger partial charge is 0.312 e. The molecule has 2 rings (SSSR count). The Hall–Kier alpha value is -1.88. The number of nitro benzene ring substituents is 1. The van der Waals surface area contributed by atoms with E-state index in [2.05, 4.69) is 15.9 Å². The number of hydrogen-bond acceptors (Lipinski definition) is 6. The predicted molar refractivity (Wildman–Crippen MR) is 94.6 cm³/mol. The zero-order valence-corrected chi connectivity index (χ0v) is 15.7. The number of primary sulfonamides is 1. The van der Waals surface area contributed by atoms with E-state index in [1.807, 2.05) is 0 Å². The minimum atomic E-state index is -4.05. The lowest BCUT2D eigenvalue weighted by Crippen LogP contribution is -2.13. The van der Waals surface area contributed by atoms with E-state index < -0.39 is 20.6 Å². The molecule has 2 N–H and O–H groups in total. The van der Waals surface area contributed by atoms with Gasteiger partial charge in [-0.25, -0.2) is 13.6 Å². The molecule has 0 saturated heterocycles. The fourth-order valence-electron chi connectivity index (χ4n) is 1.83. The number of nitrogens with two attached hydrogens (primary N) is 1. The van der Waals surface area contributed by atoms with Crippen molar-refractivity contribution in [1.29, 1.82) is 0 Å². The van der Waals surface area contributed by atoms with Gasteiger partial charge in [-0.2, -0.15) is 0 Å². The number of halogens is 2. The van der Waals surface area contributed by atoms with Gasteiger partial charge in [0.2, 0.25) is 10.0 Å². The van der Waals surface area contributed by atoms with Crippen LogP contribution in [0.1, 0.15) is 0 Å². The molecule has 11 heteroatoms. The summed E-state index contributed by atoms with van der Waals surface area (Å²) in [7, 11) is -4.05. The fraction of sp³-hybridized carbons (Fsp3) is 0.143. The maximum Gasteiger partial charge on any atom is 0.312 e. The second-order valence-corrected chi connectivity index (χ2v) is 7.56. The van der Waals surface area contributed by atoms with E-state index in [0.717, 1.165) is 12.1 Å². The van der Waals surface area contributed by atoms with E-state index in [1.54, 1.807) is 18.2 Å². The zero-order valence-electron chi connectivity index (χ0n) is 12.5. The first-order chi connectivity index (χ1) is 11.7. The Morgan fingerprint density at radius 3 is 2.28 bits per heavy atom. The minimum Gasteiger partial charge on any atom is -0.489 e. The Morgan fingerprint density at radius 2 is 1.72 bits per heavy atom. The third-order valence-electron chi connectivity index (χ3n) is 2.95. The molecule has 0 fully saturated rings. The lowest BCUT2D eigenvalue weighted by atomic mass is 10.3. The number of ether oxygens (including phenoxy) is 2. The summed E-state index contributed by atoms with van der Waals surface area (Å²) >= 11 is 9.12. The van der Waals surface area contributed by atoms with Crippen LogP contribution in [0.4, 0.5) is 5.69 Å². The number of rotatable bonds is 7. The summed E-state index contributed by atoms with van der Waals surface area (Å²) in [5, 5.41) is 16.6. The van der Waals surface area contributed by atoms with Crippen LogP contribution in [0.3, 0.4) is 0 Å². The molecule has 2 aromatic rings. The van der Waals surface area contributed by atoms with Crippen molar-refractivity contribution in [3.63, 3.8) is 0 Å². The molecule has 0 unspecified atom stereocenters. The van der Waals surface area contributed by atoms with Crippen molar-refractivity contribution < 1.29 is 22.8 Å². The Morgan fingerprint density at radius 1 is 1.12 bits per heavy atom. The van der Waals surface area contributed by atoms with E-state index in [-0.39, 0.29) is 23.9 Å². The number of hydrogen-bond donors (Lipinski definition) is 1. The Balaban J connectivity index is 2.04. The molecule has 0 aliphatic carbocycles. The molecule has 0 aromatic heterocycles. The second kappa shape index (κ2) is 8.00. The van der Waals surface area contributed by atoms with Crippen molar-refractivity contribution >= 4 is 43.2 Å². The second-order valence-electron chi connectivity index (χ2n) is 4.70. The molecular formula is C14H12BrClN2O6S. The SMILES string of the molecule is NS(=O)(=O)c1ccc(OCCOc2ccc(Cl)cc2Br)c([N+](=O)[O-])c1. The van der Waals surface area contributed by atoms with E-state index in [4.69, 9.17) is 26.2 Å². The van der Waals surface area contributed by atoms with Crippen molar-refractivity contribution in [2.75, 3.05) is 13.2 Å². The summed E-state index contributed by atoms with van der Waals surface area (Å²) in [5.74, 6) is 0.447. The summed E-state index contributed by atoms with van der Waals surface area (Å²) in [6, 6.07) is 8.13. The Bertz CT molecular complexity index is 906. The average molecular weight is 452 g/mol. The molecule has 134 valence electrons. The lowest BCUT2D eigenvalue weighted by Gasteiger charge is -2.10. The molecular weight excluding hydrogens is 440 g/mol. The van der Waals surface area contributed by atoms with Gasteiger partial charge in [0.05, 0.1) is 14.3 Å². The number of nitrogens with zero attached hydrogens (tertiary/aromatic N) is 1. The monoisotopic (exact) mass is 450 g/mol. The standard InChI is InChI=1S/C14H12BrClN2O6S/c15-11-7-9(16)1-3-13(11)23-5-6-24-14-4-2-10(25(17,21)22)8-12(14)18(19)20/h1-4,7-8H,5-6H2,(H2,17,21,22). The van der Waals surface area contributed by atoms with Crippen molar-refractivity contribution in [1.82, 2.24) is 0 Å². The summed E-state index contributed by atoms with van der Waals surface area (Å²) in [4.78, 5) is 9.95. The van der Waals surface area contributed by atoms with Crippen LogP contribution in [-0.4, -0.2) is 26.6 Å². The molecule has 0 amide bonds. The Kier molecular flexibility index (Phi) is 6.22. The van der Waals surface area contributed by atoms with Gasteiger partial charge in [0.25, 0.3) is 0 Å². The zero-order chi connectivity index (χ0) is 18.6. The van der Waals surface area contributed by atoms with Gasteiger partial charge < -0.3 is 9.47 Å². The van der Waals surface area contributed by atoms with Gasteiger partial charge in [-0.1, -0.05) is 11.6 Å². The van der Waals surface area contributed by atoms with E-state index in [1.165, 1.54) is 6.07 Å². The molecule has 0 heterocycles. The Labute approximate surface area is 156 Å². The lowest BCUT2D eigenvalue weighted by molar-refractivity contribution is -0.386. The highest BCUT2D eigenvalue weighted by molar-refractivity contribution is 9.10. The highest BCUT2D eigenvalue weighted by Crippen LogP contribution is 2.30. The highest BCUT2D eigenvalue weighted by atomic mass is 79.9. The molecule has 2 aromatic carbocycles. The first-order valence-electron chi connectivity index (χ1n) is 6.70. The molecule has 0 spiro atoms. The quantitative estimate of drug-likeness (QED) is 0.392. The third-order valence-corrected chi connectivity index (χ3v) is 4.71. The summed E-state index contributed by atoms with van der Waals surface area (Å²) < 4.78 is 34.0. The van der Waals surface area contributed by atoms with Gasteiger partial charge in [-0.15, -0.1) is 0 Å². The van der Waals surface area contributed by atoms with Crippen molar-refractivity contribution in [2.24, 2.45) is 5.14 Å². The molecule has 0 aliphatic heterocycles. The molecule has 0 atom stereocenters. The summed E-state index contributed by atoms with van der Waals surface area (Å²) in [6.45, 7) is 0.110. The topological polar surface area (TPSA) is 122 Å². The van der Waals surface area contributed by atoms with Crippen LogP contribution in [0.25, 0.3) is 0 Å². The van der Waals surface area contributed by atoms with Crippen molar-refractivity contribution in [3.05, 3.63) is 56.0 Å². The van der Waals surface area contributed by atoms with Crippen LogP contribution < -0.4 is 14.6 Å². The van der Waals surface area contributed by atoms with Crippen LogP contribution in [0.5, 0.6) is 11.5 Å². The number of sulfonamides is 1. The maximum absolute atomic E-state index is 11.3. The third kappa shape index (κ3) is 5.30. The summed E-state index contributed by atoms with van der Waals surface area (Å²) in [6.07, 6.45) is 0. The van der Waals surface area contributed by atoms with Crippen molar-refractivity contribution in [3.8, 4) is 11.5 Å². The van der Waals surface area contributed by atoms with Crippen LogP contribution >= 0.6 is 27.5 Å². The predicted octanol–water partition coefficient (Wildman–Crippen LogP) is 3.12. The van der Waals surface area contributed by atoms with Gasteiger partial charge in [0, 0.05) is 11.1 Å². The van der Waals surface area contributed by atoms with E-state index >= 15 is 0 Å². The molecule has 8 nitrogen and oxygen atoms in total. The van der Waals surface area contributed by atoms with Crippen LogP contribution in [-0.2, 0) is 10.0 Å². The van der Waals surface area contributed by atoms with Crippen LogP contribution in [0.2, 0.25) is 5.02 Å². The molecule has 0 radical (unpaired) electrons. The van der Waals surface area contributed by atoms with Crippen LogP contribution in [0.15, 0.2) is 45.8 Å². The van der Waals surface area contributed by atoms with Gasteiger partial charge in [-0.05, 0) is 46.3 Å². The maximum atomic E-state index is 11.3. The van der Waals surface area contributed by atoms with Crippen molar-refractivity contribution in [2.45, 2.75) is 4.90 Å². The molecule has 0 saturated carbocycles. The number of nitro groups is 1. The average Bonchev–Trinajstić information content (AvgIpc) is 2.52. The normalized spacial score (nSPS) is 11.2. The highest BCUT2D eigenvalue weighted by Gasteiger charge is 2.20. The van der Waals surface area contributed by atoms with E-state index in [9.17, 15) is 18.5 Å². The van der Waals surface area contributed by atoms with Gasteiger partial charge in [-0.3, -0.25) is 10.1 Å². The molecule has 25 heavy (non-hydrogen) atoms. The van der Waals surface area contributed by atoms with Gasteiger partial charge in [0.15, 0.2) is 5.75 Å². The van der Waals surface area contributed by atoms with Gasteiger partial charge in [0.1, 0.15) is 19.0 Å². The molecule has 0 bridgehead atoms. The van der Waals surface area contributed by atoms with E-state index in [0.29, 0.717) is 15.2 Å². The first-order valence-corrected chi connectivity index (χ1v) is 9.42. The fourth-order valence-corrected chi connectivity index (χ4v) is 3.17. The first kappa shape index (κ1) is 19.4.